The summed E-state index contributed by atoms with van der Waals surface area (Å²) in [5.74, 6) is -0.655. The van der Waals surface area contributed by atoms with Crippen molar-refractivity contribution >= 4 is 33.2 Å². The van der Waals surface area contributed by atoms with Crippen LogP contribution in [0.1, 0.15) is 35.1 Å². The largest absolute Gasteiger partial charge is 0.478 e. The fraction of sp³-hybridized carbons (Fsp3) is 0.273. The number of fused-ring (bicyclic) bond motifs is 1. The lowest BCUT2D eigenvalue weighted by Gasteiger charge is -1.97. The summed E-state index contributed by atoms with van der Waals surface area (Å²) in [7, 11) is 0. The molecule has 0 saturated carbocycles. The van der Waals surface area contributed by atoms with Crippen LogP contribution in [0.5, 0.6) is 0 Å². The van der Waals surface area contributed by atoms with Crippen LogP contribution in [-0.2, 0) is 0 Å². The number of nitrogens with zero attached hydrogens (tertiary/aromatic N) is 1. The second-order valence-corrected chi connectivity index (χ2v) is 4.96. The number of aromatic nitrogens is 1. The quantitative estimate of drug-likeness (QED) is 0.786. The van der Waals surface area contributed by atoms with Gasteiger partial charge in [0.05, 0.1) is 26.5 Å². The summed E-state index contributed by atoms with van der Waals surface area (Å²) in [5.41, 5.74) is 7.16. The Labute approximate surface area is 96.7 Å². The predicted molar refractivity (Wildman–Crippen MR) is 65.1 cm³/mol. The monoisotopic (exact) mass is 236 g/mol. The van der Waals surface area contributed by atoms with Gasteiger partial charge in [-0.15, -0.1) is 11.3 Å². The molecule has 4 nitrogen and oxygen atoms in total. The number of carbonyl (C=O) groups is 1. The van der Waals surface area contributed by atoms with Crippen molar-refractivity contribution in [2.75, 3.05) is 5.73 Å². The lowest BCUT2D eigenvalue weighted by Crippen LogP contribution is -1.97. The van der Waals surface area contributed by atoms with Gasteiger partial charge in [0.15, 0.2) is 0 Å². The van der Waals surface area contributed by atoms with Crippen molar-refractivity contribution in [3.8, 4) is 0 Å². The summed E-state index contributed by atoms with van der Waals surface area (Å²) in [6.07, 6.45) is 0. The highest BCUT2D eigenvalue weighted by atomic mass is 32.1. The summed E-state index contributed by atoms with van der Waals surface area (Å²) in [6.45, 7) is 4.10. The zero-order chi connectivity index (χ0) is 11.9. The summed E-state index contributed by atoms with van der Waals surface area (Å²) >= 11 is 1.52. The maximum Gasteiger partial charge on any atom is 0.335 e. The van der Waals surface area contributed by atoms with Crippen molar-refractivity contribution in [1.82, 2.24) is 4.98 Å². The molecule has 2 rings (SSSR count). The number of anilines is 1. The van der Waals surface area contributed by atoms with Crippen LogP contribution < -0.4 is 5.73 Å². The Kier molecular flexibility index (Phi) is 2.55. The molecule has 0 radical (unpaired) electrons. The number of carboxylic acids is 1. The van der Waals surface area contributed by atoms with Crippen molar-refractivity contribution in [2.45, 2.75) is 19.8 Å². The maximum atomic E-state index is 10.9. The second kappa shape index (κ2) is 3.75. The van der Waals surface area contributed by atoms with Crippen molar-refractivity contribution in [3.63, 3.8) is 0 Å². The number of hydrogen-bond acceptors (Lipinski definition) is 4. The fourth-order valence-electron chi connectivity index (χ4n) is 1.45. The smallest absolute Gasteiger partial charge is 0.335 e. The molecule has 0 atom stereocenters. The molecule has 0 saturated heterocycles. The number of aromatic carboxylic acids is 1. The van der Waals surface area contributed by atoms with E-state index < -0.39 is 5.97 Å². The van der Waals surface area contributed by atoms with Crippen molar-refractivity contribution in [1.29, 1.82) is 0 Å². The molecule has 16 heavy (non-hydrogen) atoms. The van der Waals surface area contributed by atoms with Gasteiger partial charge in [-0.2, -0.15) is 0 Å². The minimum absolute atomic E-state index is 0.186. The van der Waals surface area contributed by atoms with Gasteiger partial charge in [0.2, 0.25) is 0 Å². The van der Waals surface area contributed by atoms with E-state index in [-0.39, 0.29) is 5.56 Å². The van der Waals surface area contributed by atoms with Gasteiger partial charge < -0.3 is 10.8 Å². The average molecular weight is 236 g/mol. The first-order chi connectivity index (χ1) is 7.49. The van der Waals surface area contributed by atoms with Crippen LogP contribution in [0.3, 0.4) is 0 Å². The number of rotatable bonds is 2. The third-order valence-electron chi connectivity index (χ3n) is 2.28. The predicted octanol–water partition coefficient (Wildman–Crippen LogP) is 2.70. The van der Waals surface area contributed by atoms with Crippen LogP contribution in [0, 0.1) is 0 Å². The lowest BCUT2D eigenvalue weighted by atomic mass is 10.2. The Balaban J connectivity index is 2.68. The first-order valence-corrected chi connectivity index (χ1v) is 5.74. The summed E-state index contributed by atoms with van der Waals surface area (Å²) in [5, 5.41) is 9.88. The molecule has 0 unspecified atom stereocenters. The van der Waals surface area contributed by atoms with Gasteiger partial charge in [0.1, 0.15) is 0 Å². The van der Waals surface area contributed by atoms with Crippen molar-refractivity contribution in [3.05, 3.63) is 22.7 Å². The normalized spacial score (nSPS) is 11.2. The summed E-state index contributed by atoms with van der Waals surface area (Å²) in [6, 6.07) is 3.04. The average Bonchev–Trinajstić information content (AvgIpc) is 2.61. The van der Waals surface area contributed by atoms with Crippen LogP contribution in [0.15, 0.2) is 12.1 Å². The first-order valence-electron chi connectivity index (χ1n) is 4.92. The highest BCUT2D eigenvalue weighted by Gasteiger charge is 2.13. The topological polar surface area (TPSA) is 76.2 Å². The number of nitrogen functional groups attached to an aromatic ring is 1. The molecule has 1 aromatic carbocycles. The van der Waals surface area contributed by atoms with Gasteiger partial charge in [-0.25, -0.2) is 9.78 Å². The second-order valence-electron chi connectivity index (χ2n) is 3.93. The fourth-order valence-corrected chi connectivity index (χ4v) is 2.42. The molecule has 3 N–H and O–H groups in total. The van der Waals surface area contributed by atoms with E-state index in [1.54, 1.807) is 6.07 Å². The lowest BCUT2D eigenvalue weighted by molar-refractivity contribution is 0.0697. The number of nitrogens with two attached hydrogens (primary N) is 1. The van der Waals surface area contributed by atoms with Gasteiger partial charge >= 0.3 is 5.97 Å². The van der Waals surface area contributed by atoms with E-state index in [4.69, 9.17) is 10.8 Å². The van der Waals surface area contributed by atoms with Crippen LogP contribution in [0.25, 0.3) is 10.2 Å². The summed E-state index contributed by atoms with van der Waals surface area (Å²) in [4.78, 5) is 15.2. The van der Waals surface area contributed by atoms with Crippen molar-refractivity contribution < 1.29 is 9.90 Å². The van der Waals surface area contributed by atoms with Gasteiger partial charge in [-0.1, -0.05) is 13.8 Å². The molecular formula is C11H12N2O2S. The molecule has 0 aliphatic carbocycles. The molecule has 0 aliphatic heterocycles. The van der Waals surface area contributed by atoms with Crippen molar-refractivity contribution in [2.24, 2.45) is 0 Å². The van der Waals surface area contributed by atoms with E-state index >= 15 is 0 Å². The molecule has 0 spiro atoms. The van der Waals surface area contributed by atoms with E-state index in [0.29, 0.717) is 17.1 Å². The first kappa shape index (κ1) is 10.9. The number of benzene rings is 1. The van der Waals surface area contributed by atoms with Crippen LogP contribution in [0.2, 0.25) is 0 Å². The van der Waals surface area contributed by atoms with Gasteiger partial charge in [0.25, 0.3) is 0 Å². The molecule has 2 aromatic rings. The third-order valence-corrected chi connectivity index (χ3v) is 3.70. The van der Waals surface area contributed by atoms with E-state index in [1.165, 1.54) is 17.4 Å². The zero-order valence-electron chi connectivity index (χ0n) is 9.02. The maximum absolute atomic E-state index is 10.9. The van der Waals surface area contributed by atoms with Crippen LogP contribution in [-0.4, -0.2) is 16.1 Å². The molecule has 1 heterocycles. The minimum atomic E-state index is -0.979. The standard InChI is InChI=1S/C11H12N2O2S/c1-5(2)10-13-8-4-6(11(14)15)3-7(12)9(8)16-10/h3-5H,12H2,1-2H3,(H,14,15). The Hall–Kier alpha value is -1.62. The Morgan fingerprint density at radius 1 is 1.50 bits per heavy atom. The number of carboxylic acid groups (broad SMARTS) is 1. The minimum Gasteiger partial charge on any atom is -0.478 e. The Morgan fingerprint density at radius 2 is 2.19 bits per heavy atom. The molecule has 0 fully saturated rings. The van der Waals surface area contributed by atoms with Gasteiger partial charge in [-0.3, -0.25) is 0 Å². The van der Waals surface area contributed by atoms with E-state index in [1.807, 2.05) is 13.8 Å². The van der Waals surface area contributed by atoms with E-state index in [2.05, 4.69) is 4.98 Å². The molecule has 0 aliphatic rings. The molecule has 5 heteroatoms. The van der Waals surface area contributed by atoms with Gasteiger partial charge in [-0.05, 0) is 12.1 Å². The zero-order valence-corrected chi connectivity index (χ0v) is 9.84. The molecule has 1 aromatic heterocycles. The highest BCUT2D eigenvalue weighted by Crippen LogP contribution is 2.32. The highest BCUT2D eigenvalue weighted by molar-refractivity contribution is 7.19. The molecule has 0 bridgehead atoms. The SMILES string of the molecule is CC(C)c1nc2cc(C(=O)O)cc(N)c2s1. The Bertz CT molecular complexity index is 560. The Morgan fingerprint density at radius 3 is 2.75 bits per heavy atom. The van der Waals surface area contributed by atoms with Crippen LogP contribution >= 0.6 is 11.3 Å². The van der Waals surface area contributed by atoms with Crippen LogP contribution in [0.4, 0.5) is 5.69 Å². The number of hydrogen-bond donors (Lipinski definition) is 2. The van der Waals surface area contributed by atoms with E-state index in [0.717, 1.165) is 9.71 Å². The molecule has 84 valence electrons. The van der Waals surface area contributed by atoms with Gasteiger partial charge in [0, 0.05) is 5.92 Å². The molecule has 0 amide bonds. The third kappa shape index (κ3) is 1.74. The number of thiazole rings is 1. The summed E-state index contributed by atoms with van der Waals surface area (Å²) < 4.78 is 0.869. The van der Waals surface area contributed by atoms with E-state index in [9.17, 15) is 4.79 Å². The molecular weight excluding hydrogens is 224 g/mol.